The van der Waals surface area contributed by atoms with Gasteiger partial charge in [-0.1, -0.05) is 6.92 Å². The van der Waals surface area contributed by atoms with Crippen LogP contribution in [0.3, 0.4) is 0 Å². The number of nitrogens with zero attached hydrogens (tertiary/aromatic N) is 1. The van der Waals surface area contributed by atoms with Crippen LogP contribution in [0.25, 0.3) is 5.69 Å². The predicted octanol–water partition coefficient (Wildman–Crippen LogP) is 1.95. The second-order valence-corrected chi connectivity index (χ2v) is 3.48. The van der Waals surface area contributed by atoms with E-state index < -0.39 is 0 Å². The summed E-state index contributed by atoms with van der Waals surface area (Å²) < 4.78 is 7.01. The lowest BCUT2D eigenvalue weighted by Crippen LogP contribution is -2.13. The molecule has 0 unspecified atom stereocenters. The van der Waals surface area contributed by atoms with Gasteiger partial charge >= 0.3 is 5.69 Å². The van der Waals surface area contributed by atoms with Gasteiger partial charge in [0.05, 0.1) is 12.3 Å². The SMILES string of the molecule is CCCOc1ccc(-n2cc[nH]c2=O)cc1. The number of hydrogen-bond donors (Lipinski definition) is 1. The first-order valence-electron chi connectivity index (χ1n) is 5.30. The van der Waals surface area contributed by atoms with Crippen molar-refractivity contribution in [3.05, 3.63) is 47.1 Å². The second kappa shape index (κ2) is 4.70. The third-order valence-corrected chi connectivity index (χ3v) is 2.24. The minimum absolute atomic E-state index is 0.137. The average Bonchev–Trinajstić information content (AvgIpc) is 2.74. The van der Waals surface area contributed by atoms with Gasteiger partial charge in [-0.25, -0.2) is 4.79 Å². The molecule has 0 spiro atoms. The summed E-state index contributed by atoms with van der Waals surface area (Å²) in [7, 11) is 0. The van der Waals surface area contributed by atoms with Crippen molar-refractivity contribution < 1.29 is 4.74 Å². The van der Waals surface area contributed by atoms with Crippen molar-refractivity contribution in [2.75, 3.05) is 6.61 Å². The molecule has 1 heterocycles. The van der Waals surface area contributed by atoms with E-state index in [1.807, 2.05) is 24.3 Å². The Labute approximate surface area is 93.5 Å². The van der Waals surface area contributed by atoms with Gasteiger partial charge in [0.1, 0.15) is 5.75 Å². The number of benzene rings is 1. The fraction of sp³-hybridized carbons (Fsp3) is 0.250. The molecule has 0 bridgehead atoms. The van der Waals surface area contributed by atoms with Crippen molar-refractivity contribution in [2.24, 2.45) is 0 Å². The molecule has 1 N–H and O–H groups in total. The van der Waals surface area contributed by atoms with Gasteiger partial charge in [-0.15, -0.1) is 0 Å². The molecular formula is C12H14N2O2. The van der Waals surface area contributed by atoms with Crippen LogP contribution in [-0.4, -0.2) is 16.2 Å². The van der Waals surface area contributed by atoms with Crippen LogP contribution in [0.1, 0.15) is 13.3 Å². The highest BCUT2D eigenvalue weighted by atomic mass is 16.5. The molecule has 1 aromatic heterocycles. The van der Waals surface area contributed by atoms with Crippen molar-refractivity contribution in [2.45, 2.75) is 13.3 Å². The summed E-state index contributed by atoms with van der Waals surface area (Å²) in [6.45, 7) is 2.77. The highest BCUT2D eigenvalue weighted by molar-refractivity contribution is 5.37. The van der Waals surface area contributed by atoms with Gasteiger partial charge in [-0.2, -0.15) is 0 Å². The van der Waals surface area contributed by atoms with Gasteiger partial charge in [0.15, 0.2) is 0 Å². The van der Waals surface area contributed by atoms with Gasteiger partial charge in [0.2, 0.25) is 0 Å². The summed E-state index contributed by atoms with van der Waals surface area (Å²) >= 11 is 0. The Kier molecular flexibility index (Phi) is 3.10. The molecule has 0 aliphatic heterocycles. The van der Waals surface area contributed by atoms with Crippen molar-refractivity contribution in [3.63, 3.8) is 0 Å². The molecular weight excluding hydrogens is 204 g/mol. The zero-order valence-electron chi connectivity index (χ0n) is 9.14. The maximum Gasteiger partial charge on any atom is 0.330 e. The molecule has 2 rings (SSSR count). The van der Waals surface area contributed by atoms with Crippen LogP contribution in [0.4, 0.5) is 0 Å². The van der Waals surface area contributed by atoms with E-state index in [1.165, 1.54) is 0 Å². The van der Waals surface area contributed by atoms with Gasteiger partial charge < -0.3 is 9.72 Å². The van der Waals surface area contributed by atoms with Crippen molar-refractivity contribution in [1.29, 1.82) is 0 Å². The van der Waals surface area contributed by atoms with Crippen LogP contribution in [-0.2, 0) is 0 Å². The Morgan fingerprint density at radius 2 is 2.06 bits per heavy atom. The normalized spacial score (nSPS) is 10.3. The first kappa shape index (κ1) is 10.5. The molecule has 0 fully saturated rings. The summed E-state index contributed by atoms with van der Waals surface area (Å²) in [6, 6.07) is 7.45. The number of ether oxygens (including phenoxy) is 1. The molecule has 4 nitrogen and oxygen atoms in total. The molecule has 84 valence electrons. The Balaban J connectivity index is 2.20. The largest absolute Gasteiger partial charge is 0.494 e. The molecule has 4 heteroatoms. The van der Waals surface area contributed by atoms with E-state index in [0.29, 0.717) is 6.61 Å². The molecule has 0 saturated heterocycles. The minimum atomic E-state index is -0.137. The fourth-order valence-electron chi connectivity index (χ4n) is 1.45. The van der Waals surface area contributed by atoms with Crippen LogP contribution in [0, 0.1) is 0 Å². The standard InChI is InChI=1S/C12H14N2O2/c1-2-9-16-11-5-3-10(4-6-11)14-8-7-13-12(14)15/h3-8H,2,9H2,1H3,(H,13,15). The molecule has 0 radical (unpaired) electrons. The van der Waals surface area contributed by atoms with E-state index in [0.717, 1.165) is 17.9 Å². The molecule has 2 aromatic rings. The van der Waals surface area contributed by atoms with Gasteiger partial charge in [0, 0.05) is 12.4 Å². The average molecular weight is 218 g/mol. The van der Waals surface area contributed by atoms with E-state index in [-0.39, 0.29) is 5.69 Å². The molecule has 0 atom stereocenters. The number of imidazole rings is 1. The number of rotatable bonds is 4. The molecule has 0 aliphatic rings. The van der Waals surface area contributed by atoms with Crippen LogP contribution in [0.5, 0.6) is 5.75 Å². The van der Waals surface area contributed by atoms with E-state index in [9.17, 15) is 4.79 Å². The lowest BCUT2D eigenvalue weighted by molar-refractivity contribution is 0.317. The smallest absolute Gasteiger partial charge is 0.330 e. The molecule has 0 saturated carbocycles. The summed E-state index contributed by atoms with van der Waals surface area (Å²) in [5, 5.41) is 0. The molecule has 0 aliphatic carbocycles. The quantitative estimate of drug-likeness (QED) is 0.852. The third-order valence-electron chi connectivity index (χ3n) is 2.24. The number of H-pyrrole nitrogens is 1. The van der Waals surface area contributed by atoms with Crippen LogP contribution < -0.4 is 10.4 Å². The maximum atomic E-state index is 11.4. The Morgan fingerprint density at radius 3 is 2.62 bits per heavy atom. The van der Waals surface area contributed by atoms with Crippen molar-refractivity contribution in [1.82, 2.24) is 9.55 Å². The van der Waals surface area contributed by atoms with E-state index in [2.05, 4.69) is 11.9 Å². The summed E-state index contributed by atoms with van der Waals surface area (Å²) in [6.07, 6.45) is 4.30. The van der Waals surface area contributed by atoms with E-state index >= 15 is 0 Å². The van der Waals surface area contributed by atoms with Gasteiger partial charge in [-0.05, 0) is 30.7 Å². The zero-order valence-corrected chi connectivity index (χ0v) is 9.14. The molecule has 1 aromatic carbocycles. The van der Waals surface area contributed by atoms with E-state index in [1.54, 1.807) is 17.0 Å². The number of nitrogens with one attached hydrogen (secondary N) is 1. The zero-order chi connectivity index (χ0) is 11.4. The number of aromatic nitrogens is 2. The highest BCUT2D eigenvalue weighted by Gasteiger charge is 1.99. The van der Waals surface area contributed by atoms with Gasteiger partial charge in [-0.3, -0.25) is 4.57 Å². The fourth-order valence-corrected chi connectivity index (χ4v) is 1.45. The number of aromatic amines is 1. The first-order valence-corrected chi connectivity index (χ1v) is 5.30. The second-order valence-electron chi connectivity index (χ2n) is 3.48. The monoisotopic (exact) mass is 218 g/mol. The molecule has 0 amide bonds. The summed E-state index contributed by atoms with van der Waals surface area (Å²) in [4.78, 5) is 13.9. The Hall–Kier alpha value is -1.97. The van der Waals surface area contributed by atoms with Crippen LogP contribution in [0.15, 0.2) is 41.5 Å². The highest BCUT2D eigenvalue weighted by Crippen LogP contribution is 2.14. The topological polar surface area (TPSA) is 47.0 Å². The lowest BCUT2D eigenvalue weighted by Gasteiger charge is -2.05. The third kappa shape index (κ3) is 2.16. The Bertz CT molecular complexity index is 496. The maximum absolute atomic E-state index is 11.4. The van der Waals surface area contributed by atoms with Gasteiger partial charge in [0.25, 0.3) is 0 Å². The summed E-state index contributed by atoms with van der Waals surface area (Å²) in [5.74, 6) is 0.828. The van der Waals surface area contributed by atoms with E-state index in [4.69, 9.17) is 4.74 Å². The molecule has 16 heavy (non-hydrogen) atoms. The van der Waals surface area contributed by atoms with Crippen LogP contribution >= 0.6 is 0 Å². The summed E-state index contributed by atoms with van der Waals surface area (Å²) in [5.41, 5.74) is 0.692. The van der Waals surface area contributed by atoms with Crippen molar-refractivity contribution >= 4 is 0 Å². The lowest BCUT2D eigenvalue weighted by atomic mass is 10.3. The first-order chi connectivity index (χ1) is 7.81. The van der Waals surface area contributed by atoms with Crippen molar-refractivity contribution in [3.8, 4) is 11.4 Å². The van der Waals surface area contributed by atoms with Crippen LogP contribution in [0.2, 0.25) is 0 Å². The Morgan fingerprint density at radius 1 is 1.31 bits per heavy atom. The predicted molar refractivity (Wildman–Crippen MR) is 62.2 cm³/mol. The minimum Gasteiger partial charge on any atom is -0.494 e. The number of hydrogen-bond acceptors (Lipinski definition) is 2.